The fraction of sp³-hybridized carbons (Fsp3) is 0.429. The van der Waals surface area contributed by atoms with Crippen LogP contribution in [0.2, 0.25) is 10.0 Å². The van der Waals surface area contributed by atoms with Crippen molar-refractivity contribution in [3.05, 3.63) is 28.2 Å². The highest BCUT2D eigenvalue weighted by molar-refractivity contribution is 6.35. The first-order valence-electron chi connectivity index (χ1n) is 6.45. The van der Waals surface area contributed by atoms with Gasteiger partial charge in [0.05, 0.1) is 0 Å². The van der Waals surface area contributed by atoms with Gasteiger partial charge in [0.2, 0.25) is 5.91 Å². The number of nitrogens with one attached hydrogen (secondary N) is 1. The number of carbonyl (C=O) groups excluding carboxylic acids is 2. The van der Waals surface area contributed by atoms with Crippen LogP contribution in [0.4, 0.5) is 5.69 Å². The van der Waals surface area contributed by atoms with Crippen LogP contribution >= 0.6 is 23.2 Å². The number of halogens is 2. The molecule has 1 aromatic carbocycles. The fourth-order valence-corrected chi connectivity index (χ4v) is 3.11. The molecular formula is C14H14Cl2NO3-. The van der Waals surface area contributed by atoms with Crippen molar-refractivity contribution >= 4 is 40.8 Å². The van der Waals surface area contributed by atoms with Crippen LogP contribution in [-0.2, 0) is 9.59 Å². The smallest absolute Gasteiger partial charge is 0.228 e. The molecule has 1 aromatic rings. The van der Waals surface area contributed by atoms with Gasteiger partial charge < -0.3 is 15.2 Å². The molecule has 0 spiro atoms. The number of hydrogen-bond acceptors (Lipinski definition) is 3. The lowest BCUT2D eigenvalue weighted by Gasteiger charge is -2.31. The number of carboxylic acid groups (broad SMARTS) is 1. The highest BCUT2D eigenvalue weighted by atomic mass is 35.5. The Morgan fingerprint density at radius 3 is 2.15 bits per heavy atom. The van der Waals surface area contributed by atoms with Crippen molar-refractivity contribution in [1.82, 2.24) is 0 Å². The first-order valence-corrected chi connectivity index (χ1v) is 7.21. The number of benzene rings is 1. The van der Waals surface area contributed by atoms with E-state index in [1.807, 2.05) is 0 Å². The summed E-state index contributed by atoms with van der Waals surface area (Å²) < 4.78 is 0. The Hall–Kier alpha value is -1.26. The minimum absolute atomic E-state index is 0.322. The molecule has 0 aromatic heterocycles. The normalized spacial score (nSPS) is 22.3. The Bertz CT molecular complexity index is 513. The molecule has 0 heterocycles. The van der Waals surface area contributed by atoms with Crippen molar-refractivity contribution in [2.75, 3.05) is 5.32 Å². The summed E-state index contributed by atoms with van der Waals surface area (Å²) in [6.07, 6.45) is 2.69. The summed E-state index contributed by atoms with van der Waals surface area (Å²) in [6, 6.07) is 4.70. The summed E-state index contributed by atoms with van der Waals surface area (Å²) in [5, 5.41) is 14.6. The lowest BCUT2D eigenvalue weighted by atomic mass is 9.78. The van der Waals surface area contributed by atoms with Gasteiger partial charge in [0.25, 0.3) is 0 Å². The molecule has 108 valence electrons. The fourth-order valence-electron chi connectivity index (χ4n) is 2.59. The third kappa shape index (κ3) is 3.64. The Morgan fingerprint density at radius 1 is 1.05 bits per heavy atom. The van der Waals surface area contributed by atoms with Crippen LogP contribution in [0.25, 0.3) is 0 Å². The molecular weight excluding hydrogens is 301 g/mol. The second-order valence-corrected chi connectivity index (χ2v) is 5.84. The van der Waals surface area contributed by atoms with Gasteiger partial charge in [-0.15, -0.1) is 0 Å². The molecule has 1 saturated carbocycles. The van der Waals surface area contributed by atoms with Crippen LogP contribution in [-0.4, -0.2) is 11.9 Å². The molecule has 0 radical (unpaired) electrons. The van der Waals surface area contributed by atoms with Gasteiger partial charge in [0.1, 0.15) is 0 Å². The predicted octanol–water partition coefficient (Wildman–Crippen LogP) is 2.49. The molecule has 0 aliphatic heterocycles. The van der Waals surface area contributed by atoms with Crippen LogP contribution in [0.3, 0.4) is 0 Å². The summed E-state index contributed by atoms with van der Waals surface area (Å²) in [5.74, 6) is -2.77. The van der Waals surface area contributed by atoms with E-state index in [2.05, 4.69) is 5.32 Å². The molecule has 2 rings (SSSR count). The lowest BCUT2D eigenvalue weighted by Crippen LogP contribution is -2.42. The monoisotopic (exact) mass is 314 g/mol. The highest BCUT2D eigenvalue weighted by Gasteiger charge is 2.31. The van der Waals surface area contributed by atoms with Crippen molar-refractivity contribution in [2.45, 2.75) is 25.7 Å². The Kier molecular flexibility index (Phi) is 4.89. The average molecular weight is 315 g/mol. The molecule has 1 amide bonds. The van der Waals surface area contributed by atoms with E-state index < -0.39 is 17.8 Å². The second-order valence-electron chi connectivity index (χ2n) is 4.96. The van der Waals surface area contributed by atoms with E-state index in [1.165, 1.54) is 0 Å². The number of amides is 1. The Morgan fingerprint density at radius 2 is 1.60 bits per heavy atom. The molecule has 1 aliphatic rings. The minimum Gasteiger partial charge on any atom is -0.550 e. The van der Waals surface area contributed by atoms with Crippen LogP contribution < -0.4 is 10.4 Å². The molecule has 0 saturated heterocycles. The molecule has 20 heavy (non-hydrogen) atoms. The van der Waals surface area contributed by atoms with E-state index in [0.29, 0.717) is 28.6 Å². The number of aliphatic carboxylic acids is 1. The maximum atomic E-state index is 12.2. The Labute approximate surface area is 127 Å². The molecule has 2 atom stereocenters. The molecule has 4 nitrogen and oxygen atoms in total. The molecule has 6 heteroatoms. The van der Waals surface area contributed by atoms with E-state index >= 15 is 0 Å². The maximum Gasteiger partial charge on any atom is 0.228 e. The standard InChI is InChI=1S/C14H15Cl2NO3/c15-8-5-9(16)7-10(6-8)17-13(18)11-3-1-2-4-12(11)14(19)20/h5-7,11-12H,1-4H2,(H,17,18)(H,19,20)/p-1/t11-,12+/m0/s1. The second kappa shape index (κ2) is 6.46. The number of carbonyl (C=O) groups is 2. The van der Waals surface area contributed by atoms with Crippen molar-refractivity contribution < 1.29 is 14.7 Å². The van der Waals surface area contributed by atoms with Gasteiger partial charge in [0.15, 0.2) is 0 Å². The van der Waals surface area contributed by atoms with Gasteiger partial charge in [0, 0.05) is 33.5 Å². The van der Waals surface area contributed by atoms with Crippen molar-refractivity contribution in [3.63, 3.8) is 0 Å². The summed E-state index contributed by atoms with van der Waals surface area (Å²) in [6.45, 7) is 0. The third-order valence-corrected chi connectivity index (χ3v) is 3.97. The number of carboxylic acids is 1. The Balaban J connectivity index is 2.11. The van der Waals surface area contributed by atoms with Gasteiger partial charge in [-0.2, -0.15) is 0 Å². The molecule has 0 bridgehead atoms. The summed E-state index contributed by atoms with van der Waals surface area (Å²) in [4.78, 5) is 23.3. The first-order chi connectivity index (χ1) is 9.47. The van der Waals surface area contributed by atoms with Gasteiger partial charge in [-0.1, -0.05) is 36.0 Å². The lowest BCUT2D eigenvalue weighted by molar-refractivity contribution is -0.313. The van der Waals surface area contributed by atoms with E-state index in [4.69, 9.17) is 23.2 Å². The van der Waals surface area contributed by atoms with Crippen molar-refractivity contribution in [2.24, 2.45) is 11.8 Å². The van der Waals surface area contributed by atoms with Gasteiger partial charge in [-0.05, 0) is 31.0 Å². The van der Waals surface area contributed by atoms with Gasteiger partial charge in [-0.25, -0.2) is 0 Å². The van der Waals surface area contributed by atoms with Gasteiger partial charge >= 0.3 is 0 Å². The van der Waals surface area contributed by atoms with Crippen molar-refractivity contribution in [1.29, 1.82) is 0 Å². The van der Waals surface area contributed by atoms with Crippen LogP contribution in [0.15, 0.2) is 18.2 Å². The minimum atomic E-state index is -1.16. The maximum absolute atomic E-state index is 12.2. The van der Waals surface area contributed by atoms with Gasteiger partial charge in [-0.3, -0.25) is 4.79 Å². The largest absolute Gasteiger partial charge is 0.550 e. The summed E-state index contributed by atoms with van der Waals surface area (Å²) >= 11 is 11.7. The van der Waals surface area contributed by atoms with Crippen LogP contribution in [0, 0.1) is 11.8 Å². The molecule has 0 unspecified atom stereocenters. The molecule has 1 aliphatic carbocycles. The van der Waals surface area contributed by atoms with E-state index in [1.54, 1.807) is 18.2 Å². The third-order valence-electron chi connectivity index (χ3n) is 3.54. The van der Waals surface area contributed by atoms with E-state index in [0.717, 1.165) is 12.8 Å². The van der Waals surface area contributed by atoms with Crippen molar-refractivity contribution in [3.8, 4) is 0 Å². The predicted molar refractivity (Wildman–Crippen MR) is 75.5 cm³/mol. The average Bonchev–Trinajstić information content (AvgIpc) is 2.37. The quantitative estimate of drug-likeness (QED) is 0.931. The number of rotatable bonds is 3. The first kappa shape index (κ1) is 15.1. The summed E-state index contributed by atoms with van der Waals surface area (Å²) in [5.41, 5.74) is 0.468. The zero-order valence-electron chi connectivity index (χ0n) is 10.7. The number of anilines is 1. The van der Waals surface area contributed by atoms with Crippen LogP contribution in [0.5, 0.6) is 0 Å². The zero-order valence-corrected chi connectivity index (χ0v) is 12.2. The molecule has 1 N–H and O–H groups in total. The highest BCUT2D eigenvalue weighted by Crippen LogP contribution is 2.31. The topological polar surface area (TPSA) is 69.2 Å². The SMILES string of the molecule is O=C(Nc1cc(Cl)cc(Cl)c1)[C@H]1CCCC[C@H]1C(=O)[O-]. The number of hydrogen-bond donors (Lipinski definition) is 1. The zero-order chi connectivity index (χ0) is 14.7. The molecule has 1 fully saturated rings. The summed E-state index contributed by atoms with van der Waals surface area (Å²) in [7, 11) is 0. The van der Waals surface area contributed by atoms with Crippen LogP contribution in [0.1, 0.15) is 25.7 Å². The van der Waals surface area contributed by atoms with E-state index in [-0.39, 0.29) is 5.91 Å². The van der Waals surface area contributed by atoms with E-state index in [9.17, 15) is 14.7 Å².